The number of sulfonamides is 1. The minimum absolute atomic E-state index is 0.186. The number of fused-ring (bicyclic) bond motifs is 2. The van der Waals surface area contributed by atoms with Gasteiger partial charge in [0.25, 0.3) is 0 Å². The zero-order valence-electron chi connectivity index (χ0n) is 22.2. The molecule has 39 heavy (non-hydrogen) atoms. The van der Waals surface area contributed by atoms with Crippen molar-refractivity contribution in [3.8, 4) is 5.69 Å². The van der Waals surface area contributed by atoms with Crippen molar-refractivity contribution in [2.24, 2.45) is 11.8 Å². The fourth-order valence-corrected chi connectivity index (χ4v) is 9.38. The average molecular weight is 560 g/mol. The molecule has 4 aromatic rings. The summed E-state index contributed by atoms with van der Waals surface area (Å²) in [5, 5.41) is 6.95. The van der Waals surface area contributed by atoms with Crippen LogP contribution in [0.5, 0.6) is 0 Å². The monoisotopic (exact) mass is 559 g/mol. The van der Waals surface area contributed by atoms with Crippen LogP contribution in [0.15, 0.2) is 72.9 Å². The summed E-state index contributed by atoms with van der Waals surface area (Å²) >= 11 is 0. The van der Waals surface area contributed by atoms with E-state index in [1.165, 1.54) is 16.7 Å². The zero-order valence-corrected chi connectivity index (χ0v) is 24.1. The Hall–Kier alpha value is -2.57. The first kappa shape index (κ1) is 25.4. The maximum atomic E-state index is 13.6. The molecule has 0 N–H and O–H groups in total. The van der Waals surface area contributed by atoms with Gasteiger partial charge >= 0.3 is 0 Å². The van der Waals surface area contributed by atoms with Gasteiger partial charge < -0.3 is 4.74 Å². The molecular formula is C31H34N3O3PS. The van der Waals surface area contributed by atoms with Crippen LogP contribution in [-0.4, -0.2) is 54.6 Å². The molecule has 0 bridgehead atoms. The van der Waals surface area contributed by atoms with Crippen LogP contribution in [0.2, 0.25) is 0 Å². The van der Waals surface area contributed by atoms with Crippen LogP contribution in [0, 0.1) is 18.8 Å². The van der Waals surface area contributed by atoms with Gasteiger partial charge in [-0.05, 0) is 77.9 Å². The highest BCUT2D eigenvalue weighted by molar-refractivity contribution is 7.89. The van der Waals surface area contributed by atoms with E-state index >= 15 is 0 Å². The van der Waals surface area contributed by atoms with Crippen molar-refractivity contribution in [2.45, 2.75) is 31.1 Å². The second-order valence-corrected chi connectivity index (χ2v) is 14.2. The molecule has 0 amide bonds. The fraction of sp³-hybridized carbons (Fsp3) is 0.387. The van der Waals surface area contributed by atoms with Crippen molar-refractivity contribution in [3.05, 3.63) is 89.6 Å². The van der Waals surface area contributed by atoms with Gasteiger partial charge in [-0.2, -0.15) is 5.10 Å². The molecule has 4 atom stereocenters. The van der Waals surface area contributed by atoms with E-state index in [0.29, 0.717) is 32.2 Å². The minimum atomic E-state index is -3.35. The smallest absolute Gasteiger partial charge is 0.214 e. The third kappa shape index (κ3) is 4.26. The first-order valence-corrected chi connectivity index (χ1v) is 16.0. The normalized spacial score (nSPS) is 25.7. The number of aryl methyl sites for hydroxylation is 1. The maximum Gasteiger partial charge on any atom is 0.214 e. The molecule has 3 heterocycles. The molecule has 3 fully saturated rings. The minimum Gasteiger partial charge on any atom is -0.381 e. The van der Waals surface area contributed by atoms with Gasteiger partial charge in [0.1, 0.15) is 0 Å². The van der Waals surface area contributed by atoms with Crippen LogP contribution in [-0.2, 0) is 20.2 Å². The summed E-state index contributed by atoms with van der Waals surface area (Å²) < 4.78 is 36.5. The molecule has 3 aromatic carbocycles. The van der Waals surface area contributed by atoms with Gasteiger partial charge in [-0.3, -0.25) is 0 Å². The lowest BCUT2D eigenvalue weighted by molar-refractivity contribution is 0.0720. The number of ether oxygens (including phenoxy) is 1. The molecule has 2 saturated heterocycles. The van der Waals surface area contributed by atoms with Gasteiger partial charge in [0.05, 0.1) is 23.2 Å². The Morgan fingerprint density at radius 1 is 1.05 bits per heavy atom. The molecular weight excluding hydrogens is 525 g/mol. The molecule has 2 aliphatic heterocycles. The molecule has 1 aromatic heterocycles. The van der Waals surface area contributed by atoms with Crippen LogP contribution in [0.4, 0.5) is 0 Å². The molecule has 1 saturated carbocycles. The Balaban J connectivity index is 1.26. The lowest BCUT2D eigenvalue weighted by Gasteiger charge is -2.28. The molecule has 3 aliphatic rings. The summed E-state index contributed by atoms with van der Waals surface area (Å²) in [4.78, 5) is 0. The first-order chi connectivity index (χ1) is 18.9. The second-order valence-electron chi connectivity index (χ2n) is 11.5. The van der Waals surface area contributed by atoms with E-state index in [4.69, 9.17) is 9.84 Å². The van der Waals surface area contributed by atoms with Crippen molar-refractivity contribution in [1.82, 2.24) is 14.1 Å². The predicted octanol–water partition coefficient (Wildman–Crippen LogP) is 4.56. The van der Waals surface area contributed by atoms with Gasteiger partial charge in [-0.25, -0.2) is 17.4 Å². The molecule has 8 heteroatoms. The molecule has 202 valence electrons. The fourth-order valence-electron chi connectivity index (χ4n) is 7.25. The maximum absolute atomic E-state index is 13.6. The molecule has 6 nitrogen and oxygen atoms in total. The summed E-state index contributed by atoms with van der Waals surface area (Å²) in [5.74, 6) is 1.000. The summed E-state index contributed by atoms with van der Waals surface area (Å²) in [6, 6.07) is 23.5. The van der Waals surface area contributed by atoms with Gasteiger partial charge in [-0.1, -0.05) is 42.5 Å². The van der Waals surface area contributed by atoms with Crippen LogP contribution in [0.3, 0.4) is 0 Å². The van der Waals surface area contributed by atoms with E-state index in [1.807, 2.05) is 10.9 Å². The number of aromatic nitrogens is 2. The van der Waals surface area contributed by atoms with Crippen molar-refractivity contribution >= 4 is 35.5 Å². The SMILES string of the molecule is Cc1cc2c(cnn2-c2ccc(P)cc2)cc1C12CN(S(=O)(=O)CC3CCOCC3)CC1C2c1ccccc1. The molecule has 0 spiro atoms. The van der Waals surface area contributed by atoms with Gasteiger partial charge in [0.2, 0.25) is 10.0 Å². The summed E-state index contributed by atoms with van der Waals surface area (Å²) in [5.41, 5.74) is 5.64. The Morgan fingerprint density at radius 2 is 1.79 bits per heavy atom. The first-order valence-electron chi connectivity index (χ1n) is 13.8. The van der Waals surface area contributed by atoms with Crippen LogP contribution in [0.25, 0.3) is 16.6 Å². The molecule has 1 aliphatic carbocycles. The quantitative estimate of drug-likeness (QED) is 0.325. The highest BCUT2D eigenvalue weighted by Crippen LogP contribution is 2.70. The standard InChI is InChI=1S/C31H34N3O3PS/c1-21-15-29-24(17-32-34(29)25-7-9-26(38)10-8-25)16-27(21)31-20-33(39(35,36)19-22-11-13-37-14-12-22)18-28(31)30(31)23-5-3-2-4-6-23/h2-10,15-17,22,28,30H,11-14,18-20,38H2,1H3. The number of hydrogen-bond acceptors (Lipinski definition) is 4. The van der Waals surface area contributed by atoms with E-state index in [2.05, 4.69) is 82.9 Å². The Labute approximate surface area is 232 Å². The number of benzene rings is 3. The highest BCUT2D eigenvalue weighted by Gasteiger charge is 2.71. The molecule has 4 unspecified atom stereocenters. The highest BCUT2D eigenvalue weighted by atomic mass is 32.2. The van der Waals surface area contributed by atoms with Crippen molar-refractivity contribution in [2.75, 3.05) is 32.1 Å². The summed E-state index contributed by atoms with van der Waals surface area (Å²) in [7, 11) is -0.622. The summed E-state index contributed by atoms with van der Waals surface area (Å²) in [6.45, 7) is 4.62. The van der Waals surface area contributed by atoms with E-state index in [-0.39, 0.29) is 23.0 Å². The largest absolute Gasteiger partial charge is 0.381 e. The predicted molar refractivity (Wildman–Crippen MR) is 158 cm³/mol. The number of piperidine rings is 1. The van der Waals surface area contributed by atoms with Gasteiger partial charge in [0, 0.05) is 43.0 Å². The Bertz CT molecular complexity index is 1630. The topological polar surface area (TPSA) is 64.4 Å². The second kappa shape index (κ2) is 9.52. The van der Waals surface area contributed by atoms with Crippen LogP contribution >= 0.6 is 9.24 Å². The van der Waals surface area contributed by atoms with Crippen molar-refractivity contribution in [1.29, 1.82) is 0 Å². The van der Waals surface area contributed by atoms with E-state index in [9.17, 15) is 8.42 Å². The molecule has 7 rings (SSSR count). The van der Waals surface area contributed by atoms with Gasteiger partial charge in [0.15, 0.2) is 0 Å². The van der Waals surface area contributed by atoms with E-state index < -0.39 is 10.0 Å². The van der Waals surface area contributed by atoms with Crippen molar-refractivity contribution < 1.29 is 13.2 Å². The van der Waals surface area contributed by atoms with Crippen LogP contribution < -0.4 is 5.30 Å². The van der Waals surface area contributed by atoms with Crippen molar-refractivity contribution in [3.63, 3.8) is 0 Å². The average Bonchev–Trinajstić information content (AvgIpc) is 3.20. The lowest BCUT2D eigenvalue weighted by Crippen LogP contribution is -2.38. The number of nitrogens with zero attached hydrogens (tertiary/aromatic N) is 3. The molecule has 0 radical (unpaired) electrons. The van der Waals surface area contributed by atoms with Gasteiger partial charge in [-0.15, -0.1) is 9.24 Å². The number of rotatable bonds is 6. The zero-order chi connectivity index (χ0) is 26.8. The lowest BCUT2D eigenvalue weighted by atomic mass is 9.87. The Morgan fingerprint density at radius 3 is 2.54 bits per heavy atom. The third-order valence-corrected chi connectivity index (χ3v) is 11.6. The third-order valence-electron chi connectivity index (χ3n) is 9.24. The Kier molecular flexibility index (Phi) is 6.20. The van der Waals surface area contributed by atoms with E-state index in [0.717, 1.165) is 34.7 Å². The summed E-state index contributed by atoms with van der Waals surface area (Å²) in [6.07, 6.45) is 3.59. The van der Waals surface area contributed by atoms with E-state index in [1.54, 1.807) is 4.31 Å². The van der Waals surface area contributed by atoms with Crippen LogP contribution in [0.1, 0.15) is 35.4 Å². The number of hydrogen-bond donors (Lipinski definition) is 0.